The van der Waals surface area contributed by atoms with Crippen LogP contribution >= 0.6 is 0 Å². The van der Waals surface area contributed by atoms with Gasteiger partial charge in [-0.1, -0.05) is 33.6 Å². The molecule has 0 aromatic rings. The molecule has 2 N–H and O–H groups in total. The third-order valence-electron chi connectivity index (χ3n) is 2.33. The van der Waals surface area contributed by atoms with E-state index in [1.165, 1.54) is 0 Å². The zero-order valence-corrected chi connectivity index (χ0v) is 7.76. The van der Waals surface area contributed by atoms with E-state index in [-0.39, 0.29) is 11.8 Å². The van der Waals surface area contributed by atoms with Gasteiger partial charge >= 0.3 is 0 Å². The Labute approximate surface area is 69.2 Å². The maximum atomic E-state index is 10.7. The lowest BCUT2D eigenvalue weighted by molar-refractivity contribution is -0.121. The summed E-state index contributed by atoms with van der Waals surface area (Å²) in [6.07, 6.45) is 3.24. The lowest BCUT2D eigenvalue weighted by Gasteiger charge is -2.15. The molecule has 0 rings (SSSR count). The van der Waals surface area contributed by atoms with Crippen molar-refractivity contribution in [3.8, 4) is 0 Å². The highest BCUT2D eigenvalue weighted by atomic mass is 16.1. The van der Waals surface area contributed by atoms with Crippen LogP contribution in [-0.2, 0) is 4.79 Å². The van der Waals surface area contributed by atoms with Crippen molar-refractivity contribution < 1.29 is 4.79 Å². The highest BCUT2D eigenvalue weighted by Gasteiger charge is 2.13. The summed E-state index contributed by atoms with van der Waals surface area (Å²) in [5, 5.41) is 0. The minimum Gasteiger partial charge on any atom is -0.369 e. The quantitative estimate of drug-likeness (QED) is 0.651. The van der Waals surface area contributed by atoms with Crippen LogP contribution in [0.2, 0.25) is 0 Å². The minimum absolute atomic E-state index is 0.0416. The van der Waals surface area contributed by atoms with Gasteiger partial charge in [0.15, 0.2) is 0 Å². The Morgan fingerprint density at radius 2 is 1.82 bits per heavy atom. The number of nitrogens with two attached hydrogens (primary N) is 1. The molecule has 0 spiro atoms. The van der Waals surface area contributed by atoms with Crippen LogP contribution in [0.1, 0.15) is 40.0 Å². The fourth-order valence-electron chi connectivity index (χ4n) is 1.24. The predicted molar refractivity (Wildman–Crippen MR) is 47.0 cm³/mol. The molecule has 0 saturated carbocycles. The zero-order valence-electron chi connectivity index (χ0n) is 7.76. The molecule has 0 aliphatic carbocycles. The van der Waals surface area contributed by atoms with Crippen molar-refractivity contribution in [1.82, 2.24) is 0 Å². The van der Waals surface area contributed by atoms with Gasteiger partial charge in [-0.2, -0.15) is 0 Å². The fraction of sp³-hybridized carbons (Fsp3) is 0.889. The van der Waals surface area contributed by atoms with E-state index in [1.54, 1.807) is 0 Å². The van der Waals surface area contributed by atoms with Gasteiger partial charge in [0.05, 0.1) is 0 Å². The molecule has 11 heavy (non-hydrogen) atoms. The van der Waals surface area contributed by atoms with Gasteiger partial charge in [0, 0.05) is 5.92 Å². The van der Waals surface area contributed by atoms with Crippen molar-refractivity contribution in [1.29, 1.82) is 0 Å². The first-order valence-corrected chi connectivity index (χ1v) is 4.41. The summed E-state index contributed by atoms with van der Waals surface area (Å²) in [5.74, 6) is 0.536. The number of hydrogen-bond donors (Lipinski definition) is 1. The molecule has 0 aliphatic heterocycles. The third-order valence-corrected chi connectivity index (χ3v) is 2.33. The van der Waals surface area contributed by atoms with Gasteiger partial charge in [-0.05, 0) is 12.3 Å². The van der Waals surface area contributed by atoms with E-state index >= 15 is 0 Å². The van der Waals surface area contributed by atoms with Crippen molar-refractivity contribution >= 4 is 5.91 Å². The molecule has 0 saturated heterocycles. The number of rotatable bonds is 5. The van der Waals surface area contributed by atoms with Crippen molar-refractivity contribution in [2.24, 2.45) is 17.6 Å². The Morgan fingerprint density at radius 3 is 2.09 bits per heavy atom. The van der Waals surface area contributed by atoms with Gasteiger partial charge < -0.3 is 5.73 Å². The van der Waals surface area contributed by atoms with Crippen LogP contribution in [0, 0.1) is 11.8 Å². The average molecular weight is 157 g/mol. The number of amides is 1. The molecule has 0 aromatic carbocycles. The molecule has 1 atom stereocenters. The molecule has 2 heteroatoms. The summed E-state index contributed by atoms with van der Waals surface area (Å²) in [6, 6.07) is 0. The smallest absolute Gasteiger partial charge is 0.220 e. The first-order valence-electron chi connectivity index (χ1n) is 4.41. The van der Waals surface area contributed by atoms with Crippen LogP contribution in [-0.4, -0.2) is 5.91 Å². The highest BCUT2D eigenvalue weighted by molar-refractivity contribution is 5.76. The Balaban J connectivity index is 3.71. The third kappa shape index (κ3) is 4.02. The van der Waals surface area contributed by atoms with E-state index < -0.39 is 0 Å². The minimum atomic E-state index is -0.170. The largest absolute Gasteiger partial charge is 0.369 e. The standard InChI is InChI=1S/C9H19NO/c1-4-8(5-2)6-7(3)9(10)11/h7-8H,4-6H2,1-3H3,(H2,10,11). The maximum absolute atomic E-state index is 10.7. The molecule has 0 aliphatic rings. The van der Waals surface area contributed by atoms with Crippen molar-refractivity contribution in [3.63, 3.8) is 0 Å². The zero-order chi connectivity index (χ0) is 8.85. The van der Waals surface area contributed by atoms with Crippen molar-refractivity contribution in [2.45, 2.75) is 40.0 Å². The van der Waals surface area contributed by atoms with E-state index in [4.69, 9.17) is 5.73 Å². The van der Waals surface area contributed by atoms with Crippen molar-refractivity contribution in [2.75, 3.05) is 0 Å². The van der Waals surface area contributed by atoms with Gasteiger partial charge in [-0.3, -0.25) is 4.79 Å². The van der Waals surface area contributed by atoms with Crippen LogP contribution in [0.4, 0.5) is 0 Å². The number of carbonyl (C=O) groups is 1. The van der Waals surface area contributed by atoms with Gasteiger partial charge in [-0.15, -0.1) is 0 Å². The first kappa shape index (κ1) is 10.5. The number of hydrogen-bond acceptors (Lipinski definition) is 1. The molecule has 0 fully saturated rings. The Bertz CT molecular complexity index is 119. The first-order chi connectivity index (χ1) is 5.11. The summed E-state index contributed by atoms with van der Waals surface area (Å²) in [7, 11) is 0. The summed E-state index contributed by atoms with van der Waals surface area (Å²) in [4.78, 5) is 10.7. The summed E-state index contributed by atoms with van der Waals surface area (Å²) in [5.41, 5.74) is 5.15. The SMILES string of the molecule is CCC(CC)CC(C)C(N)=O. The second-order valence-corrected chi connectivity index (χ2v) is 3.22. The van der Waals surface area contributed by atoms with E-state index in [0.29, 0.717) is 5.92 Å². The van der Waals surface area contributed by atoms with Crippen LogP contribution in [0.5, 0.6) is 0 Å². The lowest BCUT2D eigenvalue weighted by Crippen LogP contribution is -2.22. The topological polar surface area (TPSA) is 43.1 Å². The second kappa shape index (κ2) is 5.16. The van der Waals surface area contributed by atoms with Gasteiger partial charge in [0.1, 0.15) is 0 Å². The lowest BCUT2D eigenvalue weighted by atomic mass is 9.91. The fourth-order valence-corrected chi connectivity index (χ4v) is 1.24. The highest BCUT2D eigenvalue weighted by Crippen LogP contribution is 2.17. The normalized spacial score (nSPS) is 13.5. The summed E-state index contributed by atoms with van der Waals surface area (Å²) >= 11 is 0. The second-order valence-electron chi connectivity index (χ2n) is 3.22. The molecule has 66 valence electrons. The molecule has 0 heterocycles. The Morgan fingerprint density at radius 1 is 1.36 bits per heavy atom. The molecular weight excluding hydrogens is 138 g/mol. The molecule has 0 bridgehead atoms. The summed E-state index contributed by atoms with van der Waals surface area (Å²) < 4.78 is 0. The summed E-state index contributed by atoms with van der Waals surface area (Å²) in [6.45, 7) is 6.21. The average Bonchev–Trinajstić information content (AvgIpc) is 1.99. The molecule has 0 aromatic heterocycles. The van der Waals surface area contributed by atoms with Gasteiger partial charge in [0.25, 0.3) is 0 Å². The Kier molecular flexibility index (Phi) is 4.92. The maximum Gasteiger partial charge on any atom is 0.220 e. The van der Waals surface area contributed by atoms with Crippen molar-refractivity contribution in [3.05, 3.63) is 0 Å². The van der Waals surface area contributed by atoms with E-state index in [1.807, 2.05) is 6.92 Å². The number of carbonyl (C=O) groups excluding carboxylic acids is 1. The van der Waals surface area contributed by atoms with E-state index in [2.05, 4.69) is 13.8 Å². The number of primary amides is 1. The molecular formula is C9H19NO. The monoisotopic (exact) mass is 157 g/mol. The predicted octanol–water partition coefficient (Wildman–Crippen LogP) is 1.93. The van der Waals surface area contributed by atoms with Gasteiger partial charge in [-0.25, -0.2) is 0 Å². The van der Waals surface area contributed by atoms with Crippen LogP contribution in [0.25, 0.3) is 0 Å². The van der Waals surface area contributed by atoms with Crippen LogP contribution < -0.4 is 5.73 Å². The van der Waals surface area contributed by atoms with Crippen LogP contribution in [0.15, 0.2) is 0 Å². The molecule has 0 radical (unpaired) electrons. The molecule has 1 amide bonds. The molecule has 1 unspecified atom stereocenters. The van der Waals surface area contributed by atoms with Gasteiger partial charge in [0.2, 0.25) is 5.91 Å². The van der Waals surface area contributed by atoms with E-state index in [9.17, 15) is 4.79 Å². The molecule has 2 nitrogen and oxygen atoms in total. The van der Waals surface area contributed by atoms with E-state index in [0.717, 1.165) is 19.3 Å². The van der Waals surface area contributed by atoms with Crippen LogP contribution in [0.3, 0.4) is 0 Å². The Hall–Kier alpha value is -0.530.